The molecular weight excluding hydrogens is 276 g/mol. The van der Waals surface area contributed by atoms with Crippen molar-refractivity contribution < 1.29 is 13.5 Å². The standard InChI is InChI=1S/C14H12N2O3S/c1-10-12-8-5-9-15-13(12)16(14(10)17)20(18,19)11-6-3-2-4-7-11/h2-9,17H,1H3. The molecule has 0 saturated carbocycles. The van der Waals surface area contributed by atoms with Crippen LogP contribution in [-0.4, -0.2) is 22.5 Å². The van der Waals surface area contributed by atoms with Gasteiger partial charge in [0.05, 0.1) is 4.90 Å². The molecule has 1 N–H and O–H groups in total. The Kier molecular flexibility index (Phi) is 2.76. The lowest BCUT2D eigenvalue weighted by molar-refractivity contribution is 0.443. The van der Waals surface area contributed by atoms with E-state index >= 15 is 0 Å². The second-order valence-electron chi connectivity index (χ2n) is 4.41. The molecule has 0 fully saturated rings. The van der Waals surface area contributed by atoms with Crippen molar-refractivity contribution in [2.75, 3.05) is 0 Å². The van der Waals surface area contributed by atoms with Gasteiger partial charge in [-0.1, -0.05) is 18.2 Å². The van der Waals surface area contributed by atoms with E-state index in [0.29, 0.717) is 10.9 Å². The van der Waals surface area contributed by atoms with E-state index in [0.717, 1.165) is 3.97 Å². The molecule has 0 aliphatic carbocycles. The minimum absolute atomic E-state index is 0.109. The highest BCUT2D eigenvalue weighted by atomic mass is 32.2. The third-order valence-electron chi connectivity index (χ3n) is 3.19. The number of aromatic nitrogens is 2. The van der Waals surface area contributed by atoms with Crippen molar-refractivity contribution in [3.63, 3.8) is 0 Å². The first-order chi connectivity index (χ1) is 9.53. The fraction of sp³-hybridized carbons (Fsp3) is 0.0714. The molecule has 3 rings (SSSR count). The third-order valence-corrected chi connectivity index (χ3v) is 4.89. The molecule has 0 radical (unpaired) electrons. The molecule has 0 spiro atoms. The molecule has 0 aliphatic heterocycles. The van der Waals surface area contributed by atoms with Gasteiger partial charge < -0.3 is 5.11 Å². The quantitative estimate of drug-likeness (QED) is 0.785. The van der Waals surface area contributed by atoms with Crippen LogP contribution in [0.4, 0.5) is 0 Å². The molecule has 5 nitrogen and oxygen atoms in total. The van der Waals surface area contributed by atoms with Gasteiger partial charge in [0.1, 0.15) is 0 Å². The van der Waals surface area contributed by atoms with E-state index in [1.807, 2.05) is 0 Å². The van der Waals surface area contributed by atoms with Crippen molar-refractivity contribution in [2.24, 2.45) is 0 Å². The van der Waals surface area contributed by atoms with E-state index in [1.165, 1.54) is 18.3 Å². The van der Waals surface area contributed by atoms with Gasteiger partial charge in [-0.05, 0) is 31.2 Å². The Balaban J connectivity index is 2.39. The van der Waals surface area contributed by atoms with Crippen LogP contribution in [0.2, 0.25) is 0 Å². The molecule has 2 aromatic heterocycles. The SMILES string of the molecule is Cc1c(O)n(S(=O)(=O)c2ccccc2)c2ncccc12. The molecular formula is C14H12N2O3S. The minimum atomic E-state index is -3.87. The summed E-state index contributed by atoms with van der Waals surface area (Å²) in [6, 6.07) is 11.4. The maximum absolute atomic E-state index is 12.6. The van der Waals surface area contributed by atoms with Gasteiger partial charge in [-0.25, -0.2) is 13.4 Å². The number of nitrogens with zero attached hydrogens (tertiary/aromatic N) is 2. The molecule has 3 aromatic rings. The van der Waals surface area contributed by atoms with Crippen LogP contribution < -0.4 is 0 Å². The van der Waals surface area contributed by atoms with Crippen LogP contribution in [0.15, 0.2) is 53.6 Å². The smallest absolute Gasteiger partial charge is 0.272 e. The Hall–Kier alpha value is -2.34. The van der Waals surface area contributed by atoms with Gasteiger partial charge in [-0.3, -0.25) is 0 Å². The minimum Gasteiger partial charge on any atom is -0.494 e. The van der Waals surface area contributed by atoms with Crippen molar-refractivity contribution in [3.05, 3.63) is 54.2 Å². The second-order valence-corrected chi connectivity index (χ2v) is 6.19. The first-order valence-corrected chi connectivity index (χ1v) is 7.43. The topological polar surface area (TPSA) is 72.2 Å². The lowest BCUT2D eigenvalue weighted by atomic mass is 10.2. The molecule has 0 atom stereocenters. The van der Waals surface area contributed by atoms with E-state index in [-0.39, 0.29) is 16.4 Å². The van der Waals surface area contributed by atoms with Gasteiger partial charge >= 0.3 is 0 Å². The fourth-order valence-electron chi connectivity index (χ4n) is 2.15. The van der Waals surface area contributed by atoms with Crippen molar-refractivity contribution in [1.29, 1.82) is 0 Å². The average molecular weight is 288 g/mol. The Morgan fingerprint density at radius 3 is 2.50 bits per heavy atom. The van der Waals surface area contributed by atoms with Crippen molar-refractivity contribution in [1.82, 2.24) is 8.96 Å². The van der Waals surface area contributed by atoms with Crippen LogP contribution >= 0.6 is 0 Å². The van der Waals surface area contributed by atoms with Crippen LogP contribution in [0, 0.1) is 6.92 Å². The highest BCUT2D eigenvalue weighted by Gasteiger charge is 2.25. The molecule has 1 aromatic carbocycles. The van der Waals surface area contributed by atoms with Crippen molar-refractivity contribution >= 4 is 21.1 Å². The first kappa shape index (κ1) is 12.7. The lowest BCUT2D eigenvalue weighted by Gasteiger charge is -2.07. The zero-order valence-electron chi connectivity index (χ0n) is 10.7. The fourth-order valence-corrected chi connectivity index (χ4v) is 3.60. The number of aromatic hydroxyl groups is 1. The second kappa shape index (κ2) is 4.35. The Morgan fingerprint density at radius 2 is 1.80 bits per heavy atom. The number of benzene rings is 1. The van der Waals surface area contributed by atoms with Crippen molar-refractivity contribution in [2.45, 2.75) is 11.8 Å². The number of rotatable bonds is 2. The average Bonchev–Trinajstić information content (AvgIpc) is 2.73. The number of pyridine rings is 1. The monoisotopic (exact) mass is 288 g/mol. The molecule has 0 aliphatic rings. The maximum atomic E-state index is 12.6. The summed E-state index contributed by atoms with van der Waals surface area (Å²) in [5.74, 6) is -0.303. The summed E-state index contributed by atoms with van der Waals surface area (Å²) in [4.78, 5) is 4.19. The van der Waals surface area contributed by atoms with E-state index < -0.39 is 10.0 Å². The van der Waals surface area contributed by atoms with Gasteiger partial charge in [0.2, 0.25) is 5.88 Å². The summed E-state index contributed by atoms with van der Waals surface area (Å²) in [6.07, 6.45) is 1.50. The van der Waals surface area contributed by atoms with Gasteiger partial charge in [-0.2, -0.15) is 3.97 Å². The van der Waals surface area contributed by atoms with Gasteiger partial charge in [0.25, 0.3) is 10.0 Å². The molecule has 20 heavy (non-hydrogen) atoms. The largest absolute Gasteiger partial charge is 0.494 e. The first-order valence-electron chi connectivity index (χ1n) is 5.99. The molecule has 0 saturated heterocycles. The summed E-state index contributed by atoms with van der Waals surface area (Å²) in [5, 5.41) is 10.8. The third kappa shape index (κ3) is 1.69. The Labute approximate surface area is 116 Å². The van der Waals surface area contributed by atoms with Crippen LogP contribution in [0.1, 0.15) is 5.56 Å². The number of fused-ring (bicyclic) bond motifs is 1. The molecule has 6 heteroatoms. The molecule has 0 amide bonds. The highest BCUT2D eigenvalue weighted by Crippen LogP contribution is 2.32. The summed E-state index contributed by atoms with van der Waals surface area (Å²) < 4.78 is 26.2. The summed E-state index contributed by atoms with van der Waals surface area (Å²) >= 11 is 0. The van der Waals surface area contributed by atoms with Crippen LogP contribution in [0.5, 0.6) is 5.88 Å². The lowest BCUT2D eigenvalue weighted by Crippen LogP contribution is -2.12. The van der Waals surface area contributed by atoms with Gasteiger partial charge in [0.15, 0.2) is 5.65 Å². The molecule has 2 heterocycles. The normalized spacial score (nSPS) is 11.8. The molecule has 102 valence electrons. The van der Waals surface area contributed by atoms with Crippen LogP contribution in [0.3, 0.4) is 0 Å². The number of aryl methyl sites for hydroxylation is 1. The van der Waals surface area contributed by atoms with Crippen molar-refractivity contribution in [3.8, 4) is 5.88 Å². The summed E-state index contributed by atoms with van der Waals surface area (Å²) in [7, 11) is -3.87. The number of hydrogen-bond acceptors (Lipinski definition) is 4. The Morgan fingerprint density at radius 1 is 1.10 bits per heavy atom. The zero-order valence-corrected chi connectivity index (χ0v) is 11.5. The number of hydrogen-bond donors (Lipinski definition) is 1. The van der Waals surface area contributed by atoms with E-state index in [9.17, 15) is 13.5 Å². The van der Waals surface area contributed by atoms with Gasteiger partial charge in [-0.15, -0.1) is 0 Å². The predicted octanol–water partition coefficient (Wildman–Crippen LogP) is 2.29. The van der Waals surface area contributed by atoms with Gasteiger partial charge in [0, 0.05) is 17.1 Å². The zero-order chi connectivity index (χ0) is 14.3. The molecule has 0 bridgehead atoms. The maximum Gasteiger partial charge on any atom is 0.272 e. The summed E-state index contributed by atoms with van der Waals surface area (Å²) in [5.41, 5.74) is 0.721. The van der Waals surface area contributed by atoms with Crippen LogP contribution in [0.25, 0.3) is 11.0 Å². The Bertz CT molecular complexity index is 883. The van der Waals surface area contributed by atoms with E-state index in [2.05, 4.69) is 4.98 Å². The highest BCUT2D eigenvalue weighted by molar-refractivity contribution is 7.90. The molecule has 0 unspecified atom stereocenters. The van der Waals surface area contributed by atoms with E-state index in [1.54, 1.807) is 37.3 Å². The summed E-state index contributed by atoms with van der Waals surface area (Å²) in [6.45, 7) is 1.66. The van der Waals surface area contributed by atoms with Crippen LogP contribution in [-0.2, 0) is 10.0 Å². The predicted molar refractivity (Wildman–Crippen MR) is 75.2 cm³/mol. The van der Waals surface area contributed by atoms with E-state index in [4.69, 9.17) is 0 Å².